The van der Waals surface area contributed by atoms with Crippen LogP contribution < -0.4 is 5.32 Å². The van der Waals surface area contributed by atoms with Crippen molar-refractivity contribution in [1.29, 1.82) is 5.26 Å². The average molecular weight is 122 g/mol. The fourth-order valence-electron chi connectivity index (χ4n) is 0.406. The molecular formula is C7H10N2. The van der Waals surface area contributed by atoms with Gasteiger partial charge in [0.05, 0.1) is 18.5 Å². The summed E-state index contributed by atoms with van der Waals surface area (Å²) in [6, 6.07) is 2.09. The first kappa shape index (κ1) is 8.01. The molecule has 0 aliphatic heterocycles. The zero-order valence-corrected chi connectivity index (χ0v) is 5.52. The molecule has 0 aromatic rings. The Kier molecular flexibility index (Phi) is 4.59. The second-order valence-corrected chi connectivity index (χ2v) is 1.87. The summed E-state index contributed by atoms with van der Waals surface area (Å²) >= 11 is 0. The summed E-state index contributed by atoms with van der Waals surface area (Å²) in [5.41, 5.74) is 0. The molecule has 2 nitrogen and oxygen atoms in total. The van der Waals surface area contributed by atoms with Crippen molar-refractivity contribution in [2.24, 2.45) is 5.92 Å². The van der Waals surface area contributed by atoms with Crippen molar-refractivity contribution in [1.82, 2.24) is 5.32 Å². The second kappa shape index (κ2) is 5.15. The van der Waals surface area contributed by atoms with Crippen LogP contribution >= 0.6 is 0 Å². The van der Waals surface area contributed by atoms with Crippen molar-refractivity contribution in [3.63, 3.8) is 0 Å². The maximum atomic E-state index is 8.29. The lowest BCUT2D eigenvalue weighted by Gasteiger charge is -1.99. The summed E-state index contributed by atoms with van der Waals surface area (Å²) < 4.78 is 0. The molecule has 0 aromatic carbocycles. The van der Waals surface area contributed by atoms with Crippen LogP contribution in [0.3, 0.4) is 0 Å². The van der Waals surface area contributed by atoms with Gasteiger partial charge in [-0.3, -0.25) is 0 Å². The normalized spacial score (nSPS) is 11.4. The highest BCUT2D eigenvalue weighted by Crippen LogP contribution is 1.85. The second-order valence-electron chi connectivity index (χ2n) is 1.87. The zero-order valence-electron chi connectivity index (χ0n) is 5.52. The van der Waals surface area contributed by atoms with Crippen LogP contribution in [0.25, 0.3) is 0 Å². The molecule has 0 fully saturated rings. The summed E-state index contributed by atoms with van der Waals surface area (Å²) in [5.74, 6) is 2.48. The molecule has 0 rings (SSSR count). The molecule has 0 spiro atoms. The average Bonchev–Trinajstić information content (AvgIpc) is 1.89. The Bertz CT molecular complexity index is 138. The molecule has 0 amide bonds. The largest absolute Gasteiger partial charge is 0.305 e. The van der Waals surface area contributed by atoms with Gasteiger partial charge in [0, 0.05) is 6.54 Å². The lowest BCUT2D eigenvalue weighted by atomic mass is 10.2. The number of hydrogen-bond donors (Lipinski definition) is 1. The molecule has 0 bridgehead atoms. The third-order valence-corrected chi connectivity index (χ3v) is 0.898. The van der Waals surface area contributed by atoms with E-state index in [0.29, 0.717) is 13.1 Å². The van der Waals surface area contributed by atoms with E-state index in [-0.39, 0.29) is 5.92 Å². The van der Waals surface area contributed by atoms with E-state index >= 15 is 0 Å². The number of nitrogens with zero attached hydrogens (tertiary/aromatic N) is 1. The molecule has 2 heteroatoms. The summed E-state index contributed by atoms with van der Waals surface area (Å²) in [5, 5.41) is 11.2. The van der Waals surface area contributed by atoms with Crippen molar-refractivity contribution >= 4 is 0 Å². The highest BCUT2D eigenvalue weighted by Gasteiger charge is 1.94. The van der Waals surface area contributed by atoms with Crippen molar-refractivity contribution in [2.75, 3.05) is 13.1 Å². The van der Waals surface area contributed by atoms with Gasteiger partial charge in [0.2, 0.25) is 0 Å². The van der Waals surface area contributed by atoms with Crippen LogP contribution in [-0.2, 0) is 0 Å². The highest BCUT2D eigenvalue weighted by molar-refractivity contribution is 4.88. The van der Waals surface area contributed by atoms with Crippen LogP contribution in [0.4, 0.5) is 0 Å². The lowest BCUT2D eigenvalue weighted by molar-refractivity contribution is 0.640. The van der Waals surface area contributed by atoms with Crippen LogP contribution in [0.2, 0.25) is 0 Å². The van der Waals surface area contributed by atoms with E-state index < -0.39 is 0 Å². The predicted octanol–water partition coefficient (Wildman–Crippen LogP) is 0.369. The van der Waals surface area contributed by atoms with Crippen LogP contribution in [0, 0.1) is 29.6 Å². The SMILES string of the molecule is C#CCNCC(C)C#N. The third-order valence-electron chi connectivity index (χ3n) is 0.898. The van der Waals surface area contributed by atoms with Crippen molar-refractivity contribution in [3.8, 4) is 18.4 Å². The Morgan fingerprint density at radius 2 is 2.44 bits per heavy atom. The minimum atomic E-state index is 0.0540. The number of terminal acetylenes is 1. The van der Waals surface area contributed by atoms with Gasteiger partial charge in [0.15, 0.2) is 0 Å². The molecule has 48 valence electrons. The van der Waals surface area contributed by atoms with Crippen LogP contribution in [0.1, 0.15) is 6.92 Å². The number of hydrogen-bond acceptors (Lipinski definition) is 2. The van der Waals surface area contributed by atoms with Crippen LogP contribution in [0.5, 0.6) is 0 Å². The van der Waals surface area contributed by atoms with Crippen molar-refractivity contribution in [3.05, 3.63) is 0 Å². The predicted molar refractivity (Wildman–Crippen MR) is 36.5 cm³/mol. The maximum absolute atomic E-state index is 8.29. The van der Waals surface area contributed by atoms with Crippen molar-refractivity contribution < 1.29 is 0 Å². The van der Waals surface area contributed by atoms with E-state index in [4.69, 9.17) is 11.7 Å². The minimum Gasteiger partial charge on any atom is -0.305 e. The molecule has 0 radical (unpaired) electrons. The Morgan fingerprint density at radius 1 is 1.78 bits per heavy atom. The van der Waals surface area contributed by atoms with Gasteiger partial charge in [-0.25, -0.2) is 0 Å². The number of rotatable bonds is 3. The lowest BCUT2D eigenvalue weighted by Crippen LogP contribution is -2.20. The van der Waals surface area contributed by atoms with Gasteiger partial charge in [0.1, 0.15) is 0 Å². The fourth-order valence-corrected chi connectivity index (χ4v) is 0.406. The van der Waals surface area contributed by atoms with E-state index in [2.05, 4.69) is 17.3 Å². The molecule has 0 aliphatic carbocycles. The van der Waals surface area contributed by atoms with E-state index in [1.165, 1.54) is 0 Å². The fraction of sp³-hybridized carbons (Fsp3) is 0.571. The molecule has 0 saturated heterocycles. The summed E-state index contributed by atoms with van der Waals surface area (Å²) in [6.07, 6.45) is 4.96. The van der Waals surface area contributed by atoms with E-state index in [0.717, 1.165) is 0 Å². The highest BCUT2D eigenvalue weighted by atomic mass is 14.8. The Hall–Kier alpha value is -0.990. The van der Waals surface area contributed by atoms with E-state index in [1.54, 1.807) is 0 Å². The molecule has 1 N–H and O–H groups in total. The van der Waals surface area contributed by atoms with Gasteiger partial charge in [0.25, 0.3) is 0 Å². The van der Waals surface area contributed by atoms with Gasteiger partial charge in [-0.1, -0.05) is 5.92 Å². The molecule has 1 unspecified atom stereocenters. The maximum Gasteiger partial charge on any atom is 0.0666 e. The van der Waals surface area contributed by atoms with Gasteiger partial charge >= 0.3 is 0 Å². The Morgan fingerprint density at radius 3 is 2.89 bits per heavy atom. The first-order valence-corrected chi connectivity index (χ1v) is 2.85. The first-order valence-electron chi connectivity index (χ1n) is 2.85. The zero-order chi connectivity index (χ0) is 7.11. The quantitative estimate of drug-likeness (QED) is 0.433. The Labute approximate surface area is 55.9 Å². The first-order chi connectivity index (χ1) is 4.31. The Balaban J connectivity index is 3.12. The smallest absolute Gasteiger partial charge is 0.0666 e. The molecule has 0 aliphatic rings. The summed E-state index contributed by atoms with van der Waals surface area (Å²) in [4.78, 5) is 0. The van der Waals surface area contributed by atoms with Gasteiger partial charge in [-0.2, -0.15) is 5.26 Å². The summed E-state index contributed by atoms with van der Waals surface area (Å²) in [7, 11) is 0. The third kappa shape index (κ3) is 4.87. The molecule has 0 aromatic heterocycles. The molecular weight excluding hydrogens is 112 g/mol. The molecule has 0 saturated carbocycles. The standard InChI is InChI=1S/C7H10N2/c1-3-4-9-6-7(2)5-8/h1,7,9H,4,6H2,2H3. The van der Waals surface area contributed by atoms with Crippen LogP contribution in [-0.4, -0.2) is 13.1 Å². The van der Waals surface area contributed by atoms with Crippen molar-refractivity contribution in [2.45, 2.75) is 6.92 Å². The van der Waals surface area contributed by atoms with Gasteiger partial charge < -0.3 is 5.32 Å². The van der Waals surface area contributed by atoms with Gasteiger partial charge in [-0.15, -0.1) is 6.42 Å². The van der Waals surface area contributed by atoms with Gasteiger partial charge in [-0.05, 0) is 6.92 Å². The van der Waals surface area contributed by atoms with E-state index in [1.807, 2.05) is 6.92 Å². The summed E-state index contributed by atoms with van der Waals surface area (Å²) in [6.45, 7) is 3.08. The minimum absolute atomic E-state index is 0.0540. The monoisotopic (exact) mass is 122 g/mol. The number of nitriles is 1. The molecule has 9 heavy (non-hydrogen) atoms. The molecule has 0 heterocycles. The van der Waals surface area contributed by atoms with E-state index in [9.17, 15) is 0 Å². The number of nitrogens with one attached hydrogen (secondary N) is 1. The molecule has 1 atom stereocenters. The topological polar surface area (TPSA) is 35.8 Å². The van der Waals surface area contributed by atoms with Crippen LogP contribution in [0.15, 0.2) is 0 Å².